The number of ether oxygens (including phenoxy) is 1. The Balaban J connectivity index is 2.26. The standard InChI is InChI=1S/C15H16BrNO2/c1-8-4-5-17-11-6-10-12(7-9(8)11)19-15(2,3)14(16)13(10)18/h4-7,13-14,18H,1-3H3/t13-,14+/m0/s1. The summed E-state index contributed by atoms with van der Waals surface area (Å²) in [4.78, 5) is 4.22. The minimum Gasteiger partial charge on any atom is -0.486 e. The Kier molecular flexibility index (Phi) is 2.84. The van der Waals surface area contributed by atoms with Crippen molar-refractivity contribution in [3.63, 3.8) is 0 Å². The molecule has 0 unspecified atom stereocenters. The lowest BCUT2D eigenvalue weighted by Crippen LogP contribution is -2.45. The summed E-state index contributed by atoms with van der Waals surface area (Å²) in [5.74, 6) is 0.747. The van der Waals surface area contributed by atoms with Crippen molar-refractivity contribution >= 4 is 26.8 Å². The van der Waals surface area contributed by atoms with Crippen molar-refractivity contribution < 1.29 is 9.84 Å². The first-order valence-corrected chi connectivity index (χ1v) is 7.22. The zero-order valence-corrected chi connectivity index (χ0v) is 12.7. The fraction of sp³-hybridized carbons (Fsp3) is 0.400. The van der Waals surface area contributed by atoms with Gasteiger partial charge in [-0.05, 0) is 44.5 Å². The molecule has 3 nitrogen and oxygen atoms in total. The van der Waals surface area contributed by atoms with Crippen LogP contribution in [0.5, 0.6) is 5.75 Å². The van der Waals surface area contributed by atoms with Gasteiger partial charge in [0.25, 0.3) is 0 Å². The van der Waals surface area contributed by atoms with Gasteiger partial charge in [0.05, 0.1) is 16.4 Å². The number of hydrogen-bond donors (Lipinski definition) is 1. The third-order valence-corrected chi connectivity index (χ3v) is 5.33. The van der Waals surface area contributed by atoms with Crippen molar-refractivity contribution in [1.29, 1.82) is 0 Å². The molecular weight excluding hydrogens is 306 g/mol. The van der Waals surface area contributed by atoms with Gasteiger partial charge in [0.2, 0.25) is 0 Å². The number of aliphatic hydroxyl groups is 1. The summed E-state index contributed by atoms with van der Waals surface area (Å²) in [6.07, 6.45) is 1.20. The van der Waals surface area contributed by atoms with E-state index in [0.29, 0.717) is 0 Å². The molecule has 0 saturated heterocycles. The second-order valence-corrected chi connectivity index (χ2v) is 6.57. The van der Waals surface area contributed by atoms with E-state index in [1.54, 1.807) is 6.20 Å². The summed E-state index contributed by atoms with van der Waals surface area (Å²) in [5, 5.41) is 11.5. The molecule has 0 fully saturated rings. The zero-order valence-electron chi connectivity index (χ0n) is 11.1. The number of aryl methyl sites for hydroxylation is 1. The number of pyridine rings is 1. The highest BCUT2D eigenvalue weighted by molar-refractivity contribution is 9.09. The van der Waals surface area contributed by atoms with Crippen LogP contribution in [0.3, 0.4) is 0 Å². The number of aliphatic hydroxyl groups excluding tert-OH is 1. The molecule has 3 rings (SSSR count). The summed E-state index contributed by atoms with van der Waals surface area (Å²) in [5.41, 5.74) is 2.40. The smallest absolute Gasteiger partial charge is 0.126 e. The van der Waals surface area contributed by atoms with Crippen LogP contribution >= 0.6 is 15.9 Å². The number of rotatable bonds is 0. The highest BCUT2D eigenvalue weighted by Crippen LogP contribution is 2.44. The fourth-order valence-electron chi connectivity index (χ4n) is 2.52. The minimum absolute atomic E-state index is 0.144. The van der Waals surface area contributed by atoms with Crippen molar-refractivity contribution in [2.45, 2.75) is 37.3 Å². The first-order valence-electron chi connectivity index (χ1n) is 6.30. The molecular formula is C15H16BrNO2. The van der Waals surface area contributed by atoms with Crippen molar-refractivity contribution in [3.8, 4) is 5.75 Å². The van der Waals surface area contributed by atoms with Gasteiger partial charge in [-0.25, -0.2) is 0 Å². The van der Waals surface area contributed by atoms with E-state index in [-0.39, 0.29) is 4.83 Å². The van der Waals surface area contributed by atoms with Crippen LogP contribution in [-0.4, -0.2) is 20.5 Å². The monoisotopic (exact) mass is 321 g/mol. The number of aromatic nitrogens is 1. The SMILES string of the molecule is Cc1ccnc2cc3c(cc12)OC(C)(C)[C@H](Br)[C@H]3O. The average molecular weight is 322 g/mol. The summed E-state index contributed by atoms with van der Waals surface area (Å²) in [6.45, 7) is 5.99. The Hall–Kier alpha value is -1.13. The number of fused-ring (bicyclic) bond motifs is 2. The number of benzene rings is 1. The van der Waals surface area contributed by atoms with Crippen LogP contribution in [0, 0.1) is 6.92 Å². The third kappa shape index (κ3) is 1.94. The molecule has 2 atom stereocenters. The molecule has 0 bridgehead atoms. The summed E-state index contributed by atoms with van der Waals surface area (Å²) < 4.78 is 6.03. The Labute approximate surface area is 120 Å². The van der Waals surface area contributed by atoms with Crippen molar-refractivity contribution in [2.24, 2.45) is 0 Å². The summed E-state index contributed by atoms with van der Waals surface area (Å²) >= 11 is 3.53. The van der Waals surface area contributed by atoms with E-state index in [1.807, 2.05) is 39.0 Å². The van der Waals surface area contributed by atoms with E-state index in [2.05, 4.69) is 20.9 Å². The minimum atomic E-state index is -0.592. The van der Waals surface area contributed by atoms with E-state index in [9.17, 15) is 5.11 Å². The molecule has 1 N–H and O–H groups in total. The lowest BCUT2D eigenvalue weighted by molar-refractivity contribution is 0.0228. The first-order chi connectivity index (χ1) is 8.90. The predicted molar refractivity (Wildman–Crippen MR) is 78.9 cm³/mol. The zero-order chi connectivity index (χ0) is 13.8. The van der Waals surface area contributed by atoms with E-state index in [1.165, 1.54) is 0 Å². The van der Waals surface area contributed by atoms with Crippen molar-refractivity contribution in [3.05, 3.63) is 35.5 Å². The van der Waals surface area contributed by atoms with Crippen LogP contribution in [0.4, 0.5) is 0 Å². The van der Waals surface area contributed by atoms with E-state index in [0.717, 1.165) is 27.8 Å². The normalized spacial score (nSPS) is 24.9. The lowest BCUT2D eigenvalue weighted by Gasteiger charge is -2.40. The maximum Gasteiger partial charge on any atom is 0.126 e. The maximum atomic E-state index is 10.4. The molecule has 2 heterocycles. The van der Waals surface area contributed by atoms with Crippen molar-refractivity contribution in [1.82, 2.24) is 4.98 Å². The van der Waals surface area contributed by atoms with Gasteiger partial charge in [-0.15, -0.1) is 0 Å². The Morgan fingerprint density at radius 3 is 2.84 bits per heavy atom. The lowest BCUT2D eigenvalue weighted by atomic mass is 9.90. The van der Waals surface area contributed by atoms with Gasteiger partial charge < -0.3 is 9.84 Å². The van der Waals surface area contributed by atoms with Gasteiger partial charge in [-0.2, -0.15) is 0 Å². The van der Waals surface area contributed by atoms with E-state index < -0.39 is 11.7 Å². The van der Waals surface area contributed by atoms with Gasteiger partial charge >= 0.3 is 0 Å². The summed E-state index contributed by atoms with van der Waals surface area (Å²) in [7, 11) is 0. The van der Waals surface area contributed by atoms with Gasteiger partial charge in [0, 0.05) is 17.1 Å². The quantitative estimate of drug-likeness (QED) is 0.755. The van der Waals surface area contributed by atoms with Crippen molar-refractivity contribution in [2.75, 3.05) is 0 Å². The molecule has 1 aliphatic heterocycles. The molecule has 0 amide bonds. The van der Waals surface area contributed by atoms with Crippen LogP contribution in [-0.2, 0) is 0 Å². The molecule has 1 aromatic carbocycles. The molecule has 19 heavy (non-hydrogen) atoms. The van der Waals surface area contributed by atoms with E-state index >= 15 is 0 Å². The number of halogens is 1. The van der Waals surface area contributed by atoms with Crippen LogP contribution < -0.4 is 4.74 Å². The number of hydrogen-bond acceptors (Lipinski definition) is 3. The molecule has 2 aromatic rings. The Bertz CT molecular complexity index is 654. The molecule has 0 aliphatic carbocycles. The van der Waals surface area contributed by atoms with Crippen LogP contribution in [0.2, 0.25) is 0 Å². The molecule has 1 aliphatic rings. The second-order valence-electron chi connectivity index (χ2n) is 5.59. The Morgan fingerprint density at radius 1 is 1.37 bits per heavy atom. The number of nitrogens with zero attached hydrogens (tertiary/aromatic N) is 1. The molecule has 1 aromatic heterocycles. The third-order valence-electron chi connectivity index (χ3n) is 3.72. The maximum absolute atomic E-state index is 10.4. The average Bonchev–Trinajstić information content (AvgIpc) is 2.35. The molecule has 0 radical (unpaired) electrons. The van der Waals surface area contributed by atoms with Gasteiger partial charge in [0.15, 0.2) is 0 Å². The van der Waals surface area contributed by atoms with E-state index in [4.69, 9.17) is 4.74 Å². The molecule has 100 valence electrons. The molecule has 4 heteroatoms. The molecule has 0 saturated carbocycles. The highest BCUT2D eigenvalue weighted by atomic mass is 79.9. The largest absolute Gasteiger partial charge is 0.486 e. The Morgan fingerprint density at radius 2 is 2.11 bits per heavy atom. The predicted octanol–water partition coefficient (Wildman–Crippen LogP) is 3.51. The summed E-state index contributed by atoms with van der Waals surface area (Å²) in [6, 6.07) is 5.88. The number of alkyl halides is 1. The fourth-order valence-corrected chi connectivity index (χ4v) is 2.90. The molecule has 0 spiro atoms. The van der Waals surface area contributed by atoms with Gasteiger partial charge in [-0.1, -0.05) is 15.9 Å². The first kappa shape index (κ1) is 12.9. The van der Waals surface area contributed by atoms with Crippen LogP contribution in [0.15, 0.2) is 24.4 Å². The van der Waals surface area contributed by atoms with Gasteiger partial charge in [0.1, 0.15) is 11.4 Å². The highest BCUT2D eigenvalue weighted by Gasteiger charge is 2.41. The van der Waals surface area contributed by atoms with Gasteiger partial charge in [-0.3, -0.25) is 4.98 Å². The van der Waals surface area contributed by atoms with Crippen LogP contribution in [0.25, 0.3) is 10.9 Å². The topological polar surface area (TPSA) is 42.4 Å². The van der Waals surface area contributed by atoms with Crippen LogP contribution in [0.1, 0.15) is 31.1 Å². The second kappa shape index (κ2) is 4.18.